The first-order chi connectivity index (χ1) is 8.58. The molecule has 19 heavy (non-hydrogen) atoms. The van der Waals surface area contributed by atoms with Gasteiger partial charge in [-0.15, -0.1) is 12.4 Å². The van der Waals surface area contributed by atoms with E-state index in [9.17, 15) is 9.59 Å². The number of nitrogens with two attached hydrogens (primary N) is 1. The summed E-state index contributed by atoms with van der Waals surface area (Å²) in [6, 6.07) is 7.14. The van der Waals surface area contributed by atoms with Gasteiger partial charge in [0.05, 0.1) is 0 Å². The zero-order valence-corrected chi connectivity index (χ0v) is 11.9. The van der Waals surface area contributed by atoms with Crippen LogP contribution in [0.25, 0.3) is 0 Å². The van der Waals surface area contributed by atoms with Gasteiger partial charge in [0, 0.05) is 31.6 Å². The summed E-state index contributed by atoms with van der Waals surface area (Å²) < 4.78 is 0. The topological polar surface area (TPSA) is 84.2 Å². The Labute approximate surface area is 119 Å². The molecule has 2 amide bonds. The fraction of sp³-hybridized carbons (Fsp3) is 0.385. The third-order valence-corrected chi connectivity index (χ3v) is 2.68. The van der Waals surface area contributed by atoms with E-state index in [0.29, 0.717) is 18.7 Å². The summed E-state index contributed by atoms with van der Waals surface area (Å²) in [6.45, 7) is 2.49. The Morgan fingerprint density at radius 3 is 2.63 bits per heavy atom. The molecule has 106 valence electrons. The van der Waals surface area contributed by atoms with Crippen molar-refractivity contribution in [2.75, 3.05) is 13.6 Å². The fourth-order valence-electron chi connectivity index (χ4n) is 1.44. The highest BCUT2D eigenvalue weighted by molar-refractivity contribution is 5.94. The Kier molecular flexibility index (Phi) is 7.79. The van der Waals surface area contributed by atoms with E-state index in [0.717, 1.165) is 5.56 Å². The van der Waals surface area contributed by atoms with Crippen molar-refractivity contribution in [1.82, 2.24) is 10.6 Å². The van der Waals surface area contributed by atoms with Crippen molar-refractivity contribution < 1.29 is 9.59 Å². The zero-order chi connectivity index (χ0) is 13.5. The second-order valence-electron chi connectivity index (χ2n) is 4.13. The summed E-state index contributed by atoms with van der Waals surface area (Å²) in [6.07, 6.45) is 0. The maximum Gasteiger partial charge on any atom is 0.251 e. The van der Waals surface area contributed by atoms with E-state index in [1.54, 1.807) is 32.2 Å². The number of hydrogen-bond donors (Lipinski definition) is 3. The van der Waals surface area contributed by atoms with Crippen LogP contribution in [-0.4, -0.2) is 25.4 Å². The van der Waals surface area contributed by atoms with Crippen molar-refractivity contribution in [3.05, 3.63) is 35.4 Å². The summed E-state index contributed by atoms with van der Waals surface area (Å²) in [5, 5.41) is 5.34. The van der Waals surface area contributed by atoms with Crippen LogP contribution in [0.2, 0.25) is 0 Å². The maximum atomic E-state index is 11.6. The molecule has 0 saturated carbocycles. The molecule has 1 atom stereocenters. The molecule has 5 nitrogen and oxygen atoms in total. The van der Waals surface area contributed by atoms with Gasteiger partial charge in [-0.05, 0) is 17.7 Å². The zero-order valence-electron chi connectivity index (χ0n) is 11.1. The van der Waals surface area contributed by atoms with Crippen molar-refractivity contribution >= 4 is 24.2 Å². The molecular formula is C13H20ClN3O2. The van der Waals surface area contributed by atoms with Gasteiger partial charge in [0.1, 0.15) is 0 Å². The third kappa shape index (κ3) is 5.28. The van der Waals surface area contributed by atoms with Crippen LogP contribution < -0.4 is 16.4 Å². The van der Waals surface area contributed by atoms with Crippen LogP contribution in [0.15, 0.2) is 24.3 Å². The normalized spacial score (nSPS) is 11.1. The molecule has 0 spiro atoms. The van der Waals surface area contributed by atoms with E-state index in [4.69, 9.17) is 5.73 Å². The Morgan fingerprint density at radius 2 is 2.05 bits per heavy atom. The molecule has 1 aromatic rings. The first-order valence-electron chi connectivity index (χ1n) is 5.87. The molecule has 6 heteroatoms. The quantitative estimate of drug-likeness (QED) is 0.744. The monoisotopic (exact) mass is 285 g/mol. The lowest BCUT2D eigenvalue weighted by atomic mass is 10.1. The summed E-state index contributed by atoms with van der Waals surface area (Å²) >= 11 is 0. The number of hydrogen-bond acceptors (Lipinski definition) is 3. The first kappa shape index (κ1) is 17.4. The third-order valence-electron chi connectivity index (χ3n) is 2.68. The van der Waals surface area contributed by atoms with Gasteiger partial charge in [-0.3, -0.25) is 9.59 Å². The molecule has 0 aliphatic heterocycles. The number of halogens is 1. The van der Waals surface area contributed by atoms with Crippen LogP contribution in [-0.2, 0) is 11.3 Å². The minimum absolute atomic E-state index is 0. The van der Waals surface area contributed by atoms with Crippen molar-refractivity contribution in [3.63, 3.8) is 0 Å². The van der Waals surface area contributed by atoms with Crippen LogP contribution >= 0.6 is 12.4 Å². The minimum atomic E-state index is -0.202. The van der Waals surface area contributed by atoms with Gasteiger partial charge in [0.15, 0.2) is 0 Å². The number of amides is 2. The SMILES string of the molecule is CNC(=O)c1cccc(CNC(=O)C(C)CN)c1.Cl. The number of rotatable bonds is 5. The molecule has 0 saturated heterocycles. The number of benzene rings is 1. The van der Waals surface area contributed by atoms with E-state index >= 15 is 0 Å². The Hall–Kier alpha value is -1.59. The maximum absolute atomic E-state index is 11.6. The summed E-state index contributed by atoms with van der Waals surface area (Å²) in [5.74, 6) is -0.423. The molecule has 0 radical (unpaired) electrons. The molecule has 0 heterocycles. The average Bonchev–Trinajstić information content (AvgIpc) is 2.43. The number of carbonyl (C=O) groups excluding carboxylic acids is 2. The number of carbonyl (C=O) groups is 2. The highest BCUT2D eigenvalue weighted by Gasteiger charge is 2.10. The number of nitrogens with one attached hydrogen (secondary N) is 2. The standard InChI is InChI=1S/C13H19N3O2.ClH/c1-9(7-14)12(17)16-8-10-4-3-5-11(6-10)13(18)15-2;/h3-6,9H,7-8,14H2,1-2H3,(H,15,18)(H,16,17);1H. The fourth-order valence-corrected chi connectivity index (χ4v) is 1.44. The predicted molar refractivity (Wildman–Crippen MR) is 77.1 cm³/mol. The van der Waals surface area contributed by atoms with E-state index < -0.39 is 0 Å². The smallest absolute Gasteiger partial charge is 0.251 e. The predicted octanol–water partition coefficient (Wildman–Crippen LogP) is 0.679. The highest BCUT2D eigenvalue weighted by Crippen LogP contribution is 2.05. The molecule has 0 bridgehead atoms. The van der Waals surface area contributed by atoms with Gasteiger partial charge in [0.2, 0.25) is 5.91 Å². The molecule has 0 aliphatic carbocycles. The van der Waals surface area contributed by atoms with Gasteiger partial charge in [-0.2, -0.15) is 0 Å². The summed E-state index contributed by atoms with van der Waals surface area (Å²) in [4.78, 5) is 23.0. The lowest BCUT2D eigenvalue weighted by molar-refractivity contribution is -0.124. The van der Waals surface area contributed by atoms with Crippen molar-refractivity contribution in [2.24, 2.45) is 11.7 Å². The van der Waals surface area contributed by atoms with Crippen LogP contribution in [0.3, 0.4) is 0 Å². The first-order valence-corrected chi connectivity index (χ1v) is 5.87. The molecule has 0 aromatic heterocycles. The van der Waals surface area contributed by atoms with Crippen LogP contribution in [0.1, 0.15) is 22.8 Å². The second kappa shape index (κ2) is 8.50. The van der Waals surface area contributed by atoms with Gasteiger partial charge < -0.3 is 16.4 Å². The minimum Gasteiger partial charge on any atom is -0.355 e. The van der Waals surface area contributed by atoms with Crippen LogP contribution in [0.4, 0.5) is 0 Å². The van der Waals surface area contributed by atoms with Crippen molar-refractivity contribution in [1.29, 1.82) is 0 Å². The van der Waals surface area contributed by atoms with Gasteiger partial charge in [-0.25, -0.2) is 0 Å². The van der Waals surface area contributed by atoms with Crippen molar-refractivity contribution in [2.45, 2.75) is 13.5 Å². The lowest BCUT2D eigenvalue weighted by Gasteiger charge is -2.10. The van der Waals surface area contributed by atoms with Crippen LogP contribution in [0, 0.1) is 5.92 Å². The Bertz CT molecular complexity index is 438. The second-order valence-corrected chi connectivity index (χ2v) is 4.13. The molecule has 1 rings (SSSR count). The Balaban J connectivity index is 0.00000324. The molecule has 0 aliphatic rings. The summed E-state index contributed by atoms with van der Waals surface area (Å²) in [5.41, 5.74) is 6.87. The van der Waals surface area contributed by atoms with Crippen LogP contribution in [0.5, 0.6) is 0 Å². The van der Waals surface area contributed by atoms with E-state index in [2.05, 4.69) is 10.6 Å². The average molecular weight is 286 g/mol. The van der Waals surface area contributed by atoms with Gasteiger partial charge in [0.25, 0.3) is 5.91 Å². The largest absolute Gasteiger partial charge is 0.355 e. The molecule has 0 fully saturated rings. The Morgan fingerprint density at radius 1 is 1.37 bits per heavy atom. The lowest BCUT2D eigenvalue weighted by Crippen LogP contribution is -2.32. The van der Waals surface area contributed by atoms with E-state index in [1.165, 1.54) is 0 Å². The molecule has 4 N–H and O–H groups in total. The van der Waals surface area contributed by atoms with Gasteiger partial charge >= 0.3 is 0 Å². The van der Waals surface area contributed by atoms with E-state index in [-0.39, 0.29) is 30.1 Å². The molecule has 1 aromatic carbocycles. The highest BCUT2D eigenvalue weighted by atomic mass is 35.5. The van der Waals surface area contributed by atoms with Gasteiger partial charge in [-0.1, -0.05) is 19.1 Å². The van der Waals surface area contributed by atoms with E-state index in [1.807, 2.05) is 6.07 Å². The summed E-state index contributed by atoms with van der Waals surface area (Å²) in [7, 11) is 1.58. The molecular weight excluding hydrogens is 266 g/mol. The molecule has 1 unspecified atom stereocenters. The van der Waals surface area contributed by atoms with Crippen molar-refractivity contribution in [3.8, 4) is 0 Å².